The maximum Gasteiger partial charge on any atom is 0.0623 e. The molecule has 1 aliphatic rings. The van der Waals surface area contributed by atoms with Crippen molar-refractivity contribution in [3.05, 3.63) is 54.1 Å². The molecule has 1 aromatic carbocycles. The summed E-state index contributed by atoms with van der Waals surface area (Å²) in [5.74, 6) is 0.889. The van der Waals surface area contributed by atoms with Crippen LogP contribution in [0.4, 0.5) is 0 Å². The molecule has 0 heterocycles. The van der Waals surface area contributed by atoms with E-state index in [1.54, 1.807) is 11.8 Å². The minimum atomic E-state index is 0.585. The fourth-order valence-corrected chi connectivity index (χ4v) is 3.49. The van der Waals surface area contributed by atoms with Crippen molar-refractivity contribution in [3.63, 3.8) is 0 Å². The highest BCUT2D eigenvalue weighted by Crippen LogP contribution is 2.26. The Kier molecular flexibility index (Phi) is 6.81. The van der Waals surface area contributed by atoms with E-state index >= 15 is 0 Å². The second kappa shape index (κ2) is 8.89. The van der Waals surface area contributed by atoms with E-state index in [2.05, 4.69) is 24.5 Å². The van der Waals surface area contributed by atoms with Crippen LogP contribution in [0.2, 0.25) is 0 Å². The van der Waals surface area contributed by atoms with Gasteiger partial charge < -0.3 is 5.41 Å². The van der Waals surface area contributed by atoms with Crippen LogP contribution in [0.3, 0.4) is 0 Å². The summed E-state index contributed by atoms with van der Waals surface area (Å²) in [6.45, 7) is 0. The summed E-state index contributed by atoms with van der Waals surface area (Å²) in [7, 11) is 0. The number of benzene rings is 1. The van der Waals surface area contributed by atoms with E-state index in [4.69, 9.17) is 5.41 Å². The van der Waals surface area contributed by atoms with Crippen molar-refractivity contribution in [2.45, 2.75) is 43.4 Å². The fraction of sp³-hybridized carbons (Fsp3) is 0.421. The van der Waals surface area contributed by atoms with Gasteiger partial charge >= 0.3 is 0 Å². The van der Waals surface area contributed by atoms with E-state index in [0.717, 1.165) is 11.5 Å². The normalized spacial score (nSPS) is 16.8. The molecule has 1 saturated carbocycles. The molecule has 2 rings (SSSR count). The SMILES string of the molecule is CSc1ccccc1C(=N)/C=C\C=C/CC1CCCCC1. The van der Waals surface area contributed by atoms with Crippen molar-refractivity contribution < 1.29 is 0 Å². The Morgan fingerprint density at radius 2 is 1.95 bits per heavy atom. The highest BCUT2D eigenvalue weighted by Gasteiger charge is 2.10. The predicted molar refractivity (Wildman–Crippen MR) is 94.5 cm³/mol. The molecule has 0 unspecified atom stereocenters. The molecular weight excluding hydrogens is 274 g/mol. The Bertz CT molecular complexity index is 510. The zero-order chi connectivity index (χ0) is 14.9. The quantitative estimate of drug-likeness (QED) is 0.397. The first-order valence-electron chi connectivity index (χ1n) is 7.86. The van der Waals surface area contributed by atoms with Gasteiger partial charge in [-0.1, -0.05) is 68.5 Å². The molecule has 0 radical (unpaired) electrons. The van der Waals surface area contributed by atoms with Gasteiger partial charge in [0.1, 0.15) is 0 Å². The van der Waals surface area contributed by atoms with Gasteiger partial charge in [-0.15, -0.1) is 11.8 Å². The lowest BCUT2D eigenvalue weighted by atomic mass is 9.87. The molecule has 1 fully saturated rings. The van der Waals surface area contributed by atoms with Gasteiger partial charge in [0.2, 0.25) is 0 Å². The molecule has 1 nitrogen and oxygen atoms in total. The Morgan fingerprint density at radius 3 is 2.71 bits per heavy atom. The lowest BCUT2D eigenvalue weighted by Gasteiger charge is -2.19. The third-order valence-electron chi connectivity index (χ3n) is 4.10. The van der Waals surface area contributed by atoms with Crippen LogP contribution in [0.25, 0.3) is 0 Å². The molecule has 2 heteroatoms. The van der Waals surface area contributed by atoms with Crippen molar-refractivity contribution in [2.24, 2.45) is 5.92 Å². The Labute approximate surface area is 133 Å². The molecule has 0 amide bonds. The molecule has 0 saturated heterocycles. The largest absolute Gasteiger partial charge is 0.300 e. The average Bonchev–Trinajstić information content (AvgIpc) is 2.55. The zero-order valence-electron chi connectivity index (χ0n) is 12.8. The summed E-state index contributed by atoms with van der Waals surface area (Å²) in [6.07, 6.45) is 18.5. The molecule has 0 atom stereocenters. The Hall–Kier alpha value is -1.28. The summed E-state index contributed by atoms with van der Waals surface area (Å²) >= 11 is 1.69. The number of rotatable bonds is 6. The minimum Gasteiger partial charge on any atom is -0.300 e. The number of hydrogen-bond acceptors (Lipinski definition) is 2. The molecule has 0 bridgehead atoms. The first kappa shape index (κ1) is 16.1. The Balaban J connectivity index is 1.84. The molecule has 0 aromatic heterocycles. The lowest BCUT2D eigenvalue weighted by Crippen LogP contribution is -2.04. The molecule has 112 valence electrons. The van der Waals surface area contributed by atoms with Crippen molar-refractivity contribution in [1.29, 1.82) is 5.41 Å². The molecule has 21 heavy (non-hydrogen) atoms. The van der Waals surface area contributed by atoms with Crippen LogP contribution >= 0.6 is 11.8 Å². The van der Waals surface area contributed by atoms with Gasteiger partial charge in [0, 0.05) is 10.5 Å². The first-order chi connectivity index (χ1) is 10.3. The van der Waals surface area contributed by atoms with Crippen LogP contribution in [-0.4, -0.2) is 12.0 Å². The van der Waals surface area contributed by atoms with Gasteiger partial charge in [0.05, 0.1) is 5.71 Å². The van der Waals surface area contributed by atoms with Crippen molar-refractivity contribution in [1.82, 2.24) is 0 Å². The maximum absolute atomic E-state index is 8.17. The van der Waals surface area contributed by atoms with Crippen LogP contribution in [-0.2, 0) is 0 Å². The fourth-order valence-electron chi connectivity index (χ4n) is 2.88. The van der Waals surface area contributed by atoms with Gasteiger partial charge in [-0.3, -0.25) is 0 Å². The first-order valence-corrected chi connectivity index (χ1v) is 9.09. The second-order valence-electron chi connectivity index (χ2n) is 5.64. The van der Waals surface area contributed by atoms with Crippen molar-refractivity contribution in [3.8, 4) is 0 Å². The predicted octanol–water partition coefficient (Wildman–Crippen LogP) is 5.86. The van der Waals surface area contributed by atoms with Crippen molar-refractivity contribution in [2.75, 3.05) is 6.26 Å². The smallest absolute Gasteiger partial charge is 0.0623 e. The third kappa shape index (κ3) is 5.20. The summed E-state index contributed by atoms with van der Waals surface area (Å²) < 4.78 is 0. The number of nitrogens with one attached hydrogen (secondary N) is 1. The van der Waals surface area contributed by atoms with Gasteiger partial charge in [0.25, 0.3) is 0 Å². The van der Waals surface area contributed by atoms with E-state index in [1.165, 1.54) is 43.4 Å². The summed E-state index contributed by atoms with van der Waals surface area (Å²) in [5, 5.41) is 8.17. The molecule has 1 aliphatic carbocycles. The standard InChI is InChI=1S/C19H25NS/c1-21-19-15-9-8-13-17(19)18(20)14-7-3-6-12-16-10-4-2-5-11-16/h3,6-9,13-16,20H,2,4-5,10-12H2,1H3/b6-3-,14-7-,20-18?. The molecule has 1 N–H and O–H groups in total. The van der Waals surface area contributed by atoms with Crippen LogP contribution in [0.5, 0.6) is 0 Å². The van der Waals surface area contributed by atoms with Crippen LogP contribution in [0, 0.1) is 11.3 Å². The van der Waals surface area contributed by atoms with E-state index < -0.39 is 0 Å². The van der Waals surface area contributed by atoms with Crippen LogP contribution in [0.1, 0.15) is 44.1 Å². The van der Waals surface area contributed by atoms with Gasteiger partial charge in [-0.05, 0) is 30.7 Å². The number of allylic oxidation sites excluding steroid dienone is 4. The minimum absolute atomic E-state index is 0.585. The average molecular weight is 299 g/mol. The van der Waals surface area contributed by atoms with E-state index in [9.17, 15) is 0 Å². The van der Waals surface area contributed by atoms with Crippen LogP contribution < -0.4 is 0 Å². The second-order valence-corrected chi connectivity index (χ2v) is 6.49. The van der Waals surface area contributed by atoms with E-state index in [-0.39, 0.29) is 0 Å². The van der Waals surface area contributed by atoms with E-state index in [1.807, 2.05) is 30.4 Å². The molecule has 1 aromatic rings. The van der Waals surface area contributed by atoms with Crippen LogP contribution in [0.15, 0.2) is 53.5 Å². The highest BCUT2D eigenvalue weighted by atomic mass is 32.2. The zero-order valence-corrected chi connectivity index (χ0v) is 13.7. The summed E-state index contributed by atoms with van der Waals surface area (Å²) in [5.41, 5.74) is 1.60. The molecular formula is C19H25NS. The van der Waals surface area contributed by atoms with Gasteiger partial charge in [-0.25, -0.2) is 0 Å². The highest BCUT2D eigenvalue weighted by molar-refractivity contribution is 7.98. The van der Waals surface area contributed by atoms with Gasteiger partial charge in [-0.2, -0.15) is 0 Å². The summed E-state index contributed by atoms with van der Waals surface area (Å²) in [4.78, 5) is 1.17. The maximum atomic E-state index is 8.17. The van der Waals surface area contributed by atoms with Gasteiger partial charge in [0.15, 0.2) is 0 Å². The van der Waals surface area contributed by atoms with Crippen molar-refractivity contribution >= 4 is 17.5 Å². The topological polar surface area (TPSA) is 23.9 Å². The molecule has 0 spiro atoms. The molecule has 0 aliphatic heterocycles. The number of thioether (sulfide) groups is 1. The monoisotopic (exact) mass is 299 g/mol. The third-order valence-corrected chi connectivity index (χ3v) is 4.90. The summed E-state index contributed by atoms with van der Waals surface area (Å²) in [6, 6.07) is 8.11. The number of hydrogen-bond donors (Lipinski definition) is 1. The van der Waals surface area contributed by atoms with E-state index in [0.29, 0.717) is 5.71 Å². The lowest BCUT2D eigenvalue weighted by molar-refractivity contribution is 0.361. The Morgan fingerprint density at radius 1 is 1.19 bits per heavy atom.